The number of fused-ring (bicyclic) bond motifs is 3. The summed E-state index contributed by atoms with van der Waals surface area (Å²) in [7, 11) is -1.86. The van der Waals surface area contributed by atoms with Crippen molar-refractivity contribution in [2.24, 2.45) is 4.99 Å². The molecule has 1 aliphatic carbocycles. The van der Waals surface area contributed by atoms with E-state index in [0.717, 1.165) is 48.3 Å². The Morgan fingerprint density at radius 2 is 1.66 bits per heavy atom. The van der Waals surface area contributed by atoms with E-state index in [1.165, 1.54) is 18.4 Å². The first-order valence-corrected chi connectivity index (χ1v) is 14.4. The molecule has 2 unspecified atom stereocenters. The van der Waals surface area contributed by atoms with Crippen LogP contribution < -0.4 is 9.47 Å². The molecule has 2 atom stereocenters. The lowest BCUT2D eigenvalue weighted by molar-refractivity contribution is 0.308. The van der Waals surface area contributed by atoms with E-state index in [-0.39, 0.29) is 6.04 Å². The SMILES string of the molecule is CCCN(CCC)S(=O)(=O)c1ccc(C2=NC3CCCCC3c3cc(OCC)c(OC)cc32)cc1. The van der Waals surface area contributed by atoms with E-state index < -0.39 is 10.0 Å². The first-order chi connectivity index (χ1) is 16.9. The topological polar surface area (TPSA) is 68.2 Å². The molecule has 190 valence electrons. The average molecular weight is 499 g/mol. The summed E-state index contributed by atoms with van der Waals surface area (Å²) in [6, 6.07) is 11.7. The molecule has 1 aliphatic heterocycles. The Hall–Kier alpha value is -2.38. The van der Waals surface area contributed by atoms with Gasteiger partial charge in [0, 0.05) is 30.1 Å². The van der Waals surface area contributed by atoms with E-state index in [9.17, 15) is 8.42 Å². The number of aliphatic imine (C=N–C) groups is 1. The van der Waals surface area contributed by atoms with E-state index >= 15 is 0 Å². The van der Waals surface area contributed by atoms with Crippen LogP contribution in [0.1, 0.15) is 81.9 Å². The minimum Gasteiger partial charge on any atom is -0.493 e. The van der Waals surface area contributed by atoms with Crippen molar-refractivity contribution in [1.82, 2.24) is 4.31 Å². The van der Waals surface area contributed by atoms with Gasteiger partial charge in [-0.15, -0.1) is 0 Å². The largest absolute Gasteiger partial charge is 0.493 e. The van der Waals surface area contributed by atoms with E-state index in [1.54, 1.807) is 23.5 Å². The summed E-state index contributed by atoms with van der Waals surface area (Å²) in [6.07, 6.45) is 6.16. The molecule has 2 aromatic rings. The van der Waals surface area contributed by atoms with Crippen LogP contribution >= 0.6 is 0 Å². The number of hydrogen-bond donors (Lipinski definition) is 0. The van der Waals surface area contributed by atoms with Crippen molar-refractivity contribution in [1.29, 1.82) is 0 Å². The quantitative estimate of drug-likeness (QED) is 0.416. The lowest BCUT2D eigenvalue weighted by Gasteiger charge is -2.36. The molecule has 1 saturated carbocycles. The molecule has 0 spiro atoms. The Balaban J connectivity index is 1.75. The molecule has 1 fully saturated rings. The van der Waals surface area contributed by atoms with Gasteiger partial charge in [-0.2, -0.15) is 4.31 Å². The highest BCUT2D eigenvalue weighted by atomic mass is 32.2. The predicted octanol–water partition coefficient (Wildman–Crippen LogP) is 5.78. The molecule has 2 aromatic carbocycles. The number of nitrogens with zero attached hydrogens (tertiary/aromatic N) is 2. The number of benzene rings is 2. The summed E-state index contributed by atoms with van der Waals surface area (Å²) in [5.74, 6) is 1.85. The van der Waals surface area contributed by atoms with Gasteiger partial charge in [0.1, 0.15) is 0 Å². The van der Waals surface area contributed by atoms with Crippen molar-refractivity contribution in [3.05, 3.63) is 53.1 Å². The molecule has 6 nitrogen and oxygen atoms in total. The summed E-state index contributed by atoms with van der Waals surface area (Å²) >= 11 is 0. The maximum absolute atomic E-state index is 13.2. The number of ether oxygens (including phenoxy) is 2. The van der Waals surface area contributed by atoms with Gasteiger partial charge in [-0.05, 0) is 62.4 Å². The molecule has 1 heterocycles. The molecule has 2 aliphatic rings. The highest BCUT2D eigenvalue weighted by Crippen LogP contribution is 2.45. The van der Waals surface area contributed by atoms with Gasteiger partial charge in [0.2, 0.25) is 10.0 Å². The minimum absolute atomic E-state index is 0.238. The van der Waals surface area contributed by atoms with Gasteiger partial charge in [-0.3, -0.25) is 4.99 Å². The zero-order valence-corrected chi connectivity index (χ0v) is 22.2. The van der Waals surface area contributed by atoms with Crippen LogP contribution in [0.25, 0.3) is 0 Å². The van der Waals surface area contributed by atoms with Crippen molar-refractivity contribution in [2.75, 3.05) is 26.8 Å². The second-order valence-electron chi connectivity index (χ2n) is 9.39. The van der Waals surface area contributed by atoms with Gasteiger partial charge in [-0.25, -0.2) is 8.42 Å². The van der Waals surface area contributed by atoms with Crippen LogP contribution in [0.15, 0.2) is 46.3 Å². The summed E-state index contributed by atoms with van der Waals surface area (Å²) in [5, 5.41) is 0. The lowest BCUT2D eigenvalue weighted by atomic mass is 9.75. The third kappa shape index (κ3) is 5.12. The van der Waals surface area contributed by atoms with Crippen molar-refractivity contribution < 1.29 is 17.9 Å². The fraction of sp³-hybridized carbons (Fsp3) is 0.536. The third-order valence-electron chi connectivity index (χ3n) is 7.03. The molecule has 35 heavy (non-hydrogen) atoms. The van der Waals surface area contributed by atoms with E-state index in [2.05, 4.69) is 6.07 Å². The van der Waals surface area contributed by atoms with Crippen LogP contribution in [0.3, 0.4) is 0 Å². The molecular weight excluding hydrogens is 460 g/mol. The molecule has 0 N–H and O–H groups in total. The highest BCUT2D eigenvalue weighted by molar-refractivity contribution is 7.89. The molecule has 0 saturated heterocycles. The van der Waals surface area contributed by atoms with E-state index in [0.29, 0.717) is 36.3 Å². The predicted molar refractivity (Wildman–Crippen MR) is 141 cm³/mol. The Morgan fingerprint density at radius 1 is 0.971 bits per heavy atom. The van der Waals surface area contributed by atoms with Crippen LogP contribution in [0.4, 0.5) is 0 Å². The molecule has 4 rings (SSSR count). The zero-order valence-electron chi connectivity index (χ0n) is 21.4. The second kappa shape index (κ2) is 11.1. The van der Waals surface area contributed by atoms with E-state index in [1.807, 2.05) is 39.0 Å². The van der Waals surface area contributed by atoms with Gasteiger partial charge in [0.25, 0.3) is 0 Å². The van der Waals surface area contributed by atoms with E-state index in [4.69, 9.17) is 14.5 Å². The van der Waals surface area contributed by atoms with Gasteiger partial charge in [-0.1, -0.05) is 38.8 Å². The van der Waals surface area contributed by atoms with Gasteiger partial charge in [0.05, 0.1) is 30.4 Å². The Labute approximate surface area is 210 Å². The maximum Gasteiger partial charge on any atom is 0.243 e. The normalized spacial score (nSPS) is 19.6. The monoisotopic (exact) mass is 498 g/mol. The molecule has 0 amide bonds. The molecule has 0 bridgehead atoms. The first-order valence-electron chi connectivity index (χ1n) is 13.0. The smallest absolute Gasteiger partial charge is 0.243 e. The van der Waals surface area contributed by atoms with Crippen molar-refractivity contribution in [3.63, 3.8) is 0 Å². The standard InChI is InChI=1S/C28H38N2O4S/c1-5-16-30(17-6-2)35(31,32)21-14-12-20(13-15-21)28-24-19-26(33-4)27(34-7-3)18-23(24)22-10-8-9-11-25(22)29-28/h12-15,18-19,22,25H,5-11,16-17H2,1-4H3. The van der Waals surface area contributed by atoms with Crippen LogP contribution in [-0.4, -0.2) is 51.3 Å². The number of hydrogen-bond acceptors (Lipinski definition) is 5. The second-order valence-corrected chi connectivity index (χ2v) is 11.3. The third-order valence-corrected chi connectivity index (χ3v) is 8.94. The van der Waals surface area contributed by atoms with Crippen molar-refractivity contribution in [2.45, 2.75) is 76.2 Å². The number of sulfonamides is 1. The fourth-order valence-electron chi connectivity index (χ4n) is 5.39. The summed E-state index contributed by atoms with van der Waals surface area (Å²) < 4.78 is 39.6. The minimum atomic E-state index is -3.52. The summed E-state index contributed by atoms with van der Waals surface area (Å²) in [5.41, 5.74) is 4.16. The Bertz CT molecular complexity index is 1150. The van der Waals surface area contributed by atoms with Crippen LogP contribution in [0.5, 0.6) is 11.5 Å². The van der Waals surface area contributed by atoms with Crippen molar-refractivity contribution in [3.8, 4) is 11.5 Å². The Morgan fingerprint density at radius 3 is 2.29 bits per heavy atom. The van der Waals surface area contributed by atoms with Gasteiger partial charge < -0.3 is 9.47 Å². The number of methoxy groups -OCH3 is 1. The van der Waals surface area contributed by atoms with Crippen LogP contribution in [0, 0.1) is 0 Å². The van der Waals surface area contributed by atoms with Crippen LogP contribution in [-0.2, 0) is 10.0 Å². The zero-order chi connectivity index (χ0) is 25.0. The fourth-order valence-corrected chi connectivity index (χ4v) is 7.02. The van der Waals surface area contributed by atoms with Crippen molar-refractivity contribution >= 4 is 15.7 Å². The highest BCUT2D eigenvalue weighted by Gasteiger charge is 2.35. The van der Waals surface area contributed by atoms with Crippen LogP contribution in [0.2, 0.25) is 0 Å². The first kappa shape index (κ1) is 25.7. The maximum atomic E-state index is 13.2. The number of rotatable bonds is 10. The molecule has 0 aromatic heterocycles. The summed E-state index contributed by atoms with van der Waals surface area (Å²) in [6.45, 7) is 7.62. The molecular formula is C28H38N2O4S. The van der Waals surface area contributed by atoms with Gasteiger partial charge in [0.15, 0.2) is 11.5 Å². The average Bonchev–Trinajstić information content (AvgIpc) is 2.88. The molecule has 7 heteroatoms. The summed E-state index contributed by atoms with van der Waals surface area (Å²) in [4.78, 5) is 5.55. The van der Waals surface area contributed by atoms with Gasteiger partial charge >= 0.3 is 0 Å². The molecule has 0 radical (unpaired) electrons. The Kier molecular flexibility index (Phi) is 8.17. The lowest BCUT2D eigenvalue weighted by Crippen LogP contribution is -2.32.